The molecule has 4 rings (SSSR count). The summed E-state index contributed by atoms with van der Waals surface area (Å²) in [5, 5.41) is 9.17. The molecule has 0 radical (unpaired) electrons. The molecule has 0 atom stereocenters. The highest BCUT2D eigenvalue weighted by atomic mass is 35.5. The molecule has 1 N–H and O–H groups in total. The lowest BCUT2D eigenvalue weighted by Crippen LogP contribution is -2.50. The van der Waals surface area contributed by atoms with Crippen LogP contribution in [0.25, 0.3) is 0 Å². The molecule has 0 bridgehead atoms. The van der Waals surface area contributed by atoms with Gasteiger partial charge in [-0.25, -0.2) is 8.78 Å². The van der Waals surface area contributed by atoms with Crippen molar-refractivity contribution in [3.63, 3.8) is 0 Å². The van der Waals surface area contributed by atoms with Gasteiger partial charge in [-0.2, -0.15) is 31.6 Å². The van der Waals surface area contributed by atoms with E-state index >= 15 is 4.39 Å². The van der Waals surface area contributed by atoms with Gasteiger partial charge in [0.05, 0.1) is 38.6 Å². The van der Waals surface area contributed by atoms with Crippen LogP contribution < -0.4 is 10.2 Å². The summed E-state index contributed by atoms with van der Waals surface area (Å²) in [4.78, 5) is 27.8. The maximum absolute atomic E-state index is 15.9. The zero-order valence-corrected chi connectivity index (χ0v) is 23.8. The molecule has 1 aliphatic rings. The summed E-state index contributed by atoms with van der Waals surface area (Å²) in [5.41, 5.74) is -8.55. The molecular formula is C29H19Cl2F8N3O2. The minimum absolute atomic E-state index is 0.00671. The first kappa shape index (κ1) is 33.0. The van der Waals surface area contributed by atoms with Crippen LogP contribution in [0.15, 0.2) is 48.5 Å². The predicted octanol–water partition coefficient (Wildman–Crippen LogP) is 8.91. The topological polar surface area (TPSA) is 73.2 Å². The molecule has 1 fully saturated rings. The van der Waals surface area contributed by atoms with Crippen molar-refractivity contribution in [1.29, 1.82) is 5.26 Å². The molecular weight excluding hydrogens is 645 g/mol. The lowest BCUT2D eigenvalue weighted by Gasteiger charge is -2.30. The molecule has 5 nitrogen and oxygen atoms in total. The number of benzene rings is 3. The highest BCUT2D eigenvalue weighted by Crippen LogP contribution is 2.54. The SMILES string of the molecule is Cc1cc(C#N)ccc1C(=O)N(CC1CC1)c1cccc(C(=O)Nc2c(Cl)cc(C(F)(C(F)(F)F)C(F)(F)F)cc2Cl)c1F. The van der Waals surface area contributed by atoms with Crippen LogP contribution in [0.3, 0.4) is 0 Å². The van der Waals surface area contributed by atoms with Gasteiger partial charge < -0.3 is 10.2 Å². The summed E-state index contributed by atoms with van der Waals surface area (Å²) in [7, 11) is 0. The molecule has 0 aromatic heterocycles. The quantitative estimate of drug-likeness (QED) is 0.257. The van der Waals surface area contributed by atoms with Crippen molar-refractivity contribution < 1.29 is 44.7 Å². The average molecular weight is 664 g/mol. The molecule has 0 unspecified atom stereocenters. The second-order valence-corrected chi connectivity index (χ2v) is 10.9. The third-order valence-electron chi connectivity index (χ3n) is 6.94. The summed E-state index contributed by atoms with van der Waals surface area (Å²) < 4.78 is 110. The van der Waals surface area contributed by atoms with Crippen molar-refractivity contribution >= 4 is 46.4 Å². The number of halogens is 10. The number of aryl methyl sites for hydroxylation is 1. The summed E-state index contributed by atoms with van der Waals surface area (Å²) in [6.45, 7) is 1.70. The fourth-order valence-corrected chi connectivity index (χ4v) is 5.01. The van der Waals surface area contributed by atoms with Crippen LogP contribution in [0, 0.1) is 30.0 Å². The minimum atomic E-state index is -6.44. The van der Waals surface area contributed by atoms with Gasteiger partial charge in [-0.3, -0.25) is 9.59 Å². The third kappa shape index (κ3) is 6.19. The molecule has 2 amide bonds. The molecule has 0 spiro atoms. The number of hydrogen-bond acceptors (Lipinski definition) is 3. The average Bonchev–Trinajstić information content (AvgIpc) is 3.76. The molecule has 0 aliphatic heterocycles. The van der Waals surface area contributed by atoms with Crippen LogP contribution in [0.2, 0.25) is 10.0 Å². The fraction of sp³-hybridized carbons (Fsp3) is 0.276. The Labute approximate surface area is 255 Å². The van der Waals surface area contributed by atoms with Crippen LogP contribution in [0.1, 0.15) is 50.2 Å². The largest absolute Gasteiger partial charge is 0.435 e. The second kappa shape index (κ2) is 11.9. The first-order chi connectivity index (χ1) is 20.4. The van der Waals surface area contributed by atoms with Gasteiger partial charge in [0.1, 0.15) is 0 Å². The number of alkyl halides is 7. The maximum atomic E-state index is 15.9. The Hall–Kier alpha value is -3.89. The fourth-order valence-electron chi connectivity index (χ4n) is 4.43. The van der Waals surface area contributed by atoms with Gasteiger partial charge in [0.15, 0.2) is 5.82 Å². The summed E-state index contributed by atoms with van der Waals surface area (Å²) in [5.74, 6) is -3.00. The van der Waals surface area contributed by atoms with E-state index in [0.717, 1.165) is 23.8 Å². The molecule has 44 heavy (non-hydrogen) atoms. The molecule has 0 heterocycles. The molecule has 1 aliphatic carbocycles. The minimum Gasteiger partial charge on any atom is -0.319 e. The summed E-state index contributed by atoms with van der Waals surface area (Å²) in [6, 6.07) is 9.80. The number of nitrogens with one attached hydrogen (secondary N) is 1. The number of hydrogen-bond donors (Lipinski definition) is 1. The molecule has 15 heteroatoms. The Kier molecular flexibility index (Phi) is 8.92. The van der Waals surface area contributed by atoms with Gasteiger partial charge in [-0.15, -0.1) is 0 Å². The highest BCUT2D eigenvalue weighted by Gasteiger charge is 2.73. The zero-order valence-electron chi connectivity index (χ0n) is 22.3. The number of rotatable bonds is 7. The Morgan fingerprint density at radius 2 is 1.55 bits per heavy atom. The number of carbonyl (C=O) groups excluding carboxylic acids is 2. The molecule has 3 aromatic rings. The Balaban J connectivity index is 1.69. The van der Waals surface area contributed by atoms with Crippen LogP contribution in [-0.4, -0.2) is 30.7 Å². The van der Waals surface area contributed by atoms with Crippen molar-refractivity contribution in [1.82, 2.24) is 0 Å². The van der Waals surface area contributed by atoms with Gasteiger partial charge in [0, 0.05) is 17.7 Å². The molecule has 3 aromatic carbocycles. The lowest BCUT2D eigenvalue weighted by atomic mass is 9.94. The van der Waals surface area contributed by atoms with Gasteiger partial charge in [0.25, 0.3) is 11.8 Å². The normalized spacial score (nSPS) is 13.8. The van der Waals surface area contributed by atoms with Gasteiger partial charge >= 0.3 is 18.0 Å². The van der Waals surface area contributed by atoms with Crippen LogP contribution in [0.5, 0.6) is 0 Å². The number of anilines is 2. The van der Waals surface area contributed by atoms with E-state index in [1.54, 1.807) is 6.92 Å². The van der Waals surface area contributed by atoms with E-state index in [0.29, 0.717) is 11.1 Å². The number of carbonyl (C=O) groups is 2. The number of nitriles is 1. The van der Waals surface area contributed by atoms with Crippen molar-refractivity contribution in [3.05, 3.63) is 92.2 Å². The highest BCUT2D eigenvalue weighted by molar-refractivity contribution is 6.40. The molecule has 0 saturated heterocycles. The van der Waals surface area contributed by atoms with Gasteiger partial charge in [0.2, 0.25) is 0 Å². The maximum Gasteiger partial charge on any atom is 0.435 e. The van der Waals surface area contributed by atoms with Crippen LogP contribution in [0.4, 0.5) is 46.5 Å². The van der Waals surface area contributed by atoms with E-state index in [-0.39, 0.29) is 35.8 Å². The van der Waals surface area contributed by atoms with Crippen molar-refractivity contribution in [2.45, 2.75) is 37.8 Å². The number of nitrogens with zero attached hydrogens (tertiary/aromatic N) is 2. The Bertz CT molecular complexity index is 1640. The van der Waals surface area contributed by atoms with E-state index in [4.69, 9.17) is 28.5 Å². The third-order valence-corrected chi connectivity index (χ3v) is 7.54. The Morgan fingerprint density at radius 1 is 0.955 bits per heavy atom. The van der Waals surface area contributed by atoms with Gasteiger partial charge in [-0.05, 0) is 73.7 Å². The van der Waals surface area contributed by atoms with E-state index in [1.165, 1.54) is 30.3 Å². The summed E-state index contributed by atoms with van der Waals surface area (Å²) in [6.07, 6.45) is -11.3. The summed E-state index contributed by atoms with van der Waals surface area (Å²) >= 11 is 11.7. The van der Waals surface area contributed by atoms with Crippen LogP contribution in [-0.2, 0) is 5.67 Å². The smallest absolute Gasteiger partial charge is 0.319 e. The second-order valence-electron chi connectivity index (χ2n) is 10.1. The van der Waals surface area contributed by atoms with E-state index in [2.05, 4.69) is 0 Å². The first-order valence-corrected chi connectivity index (χ1v) is 13.4. The number of amides is 2. The van der Waals surface area contributed by atoms with Crippen molar-refractivity contribution in [2.75, 3.05) is 16.8 Å². The lowest BCUT2D eigenvalue weighted by molar-refractivity contribution is -0.348. The van der Waals surface area contributed by atoms with E-state index < -0.39 is 62.5 Å². The molecule has 1 saturated carbocycles. The van der Waals surface area contributed by atoms with E-state index in [1.807, 2.05) is 11.4 Å². The van der Waals surface area contributed by atoms with Gasteiger partial charge in [-0.1, -0.05) is 29.3 Å². The monoisotopic (exact) mass is 663 g/mol. The zero-order chi connectivity index (χ0) is 32.8. The van der Waals surface area contributed by atoms with Crippen molar-refractivity contribution in [2.24, 2.45) is 5.92 Å². The predicted molar refractivity (Wildman–Crippen MR) is 146 cm³/mol. The Morgan fingerprint density at radius 3 is 2.05 bits per heavy atom. The van der Waals surface area contributed by atoms with Crippen molar-refractivity contribution in [3.8, 4) is 6.07 Å². The van der Waals surface area contributed by atoms with E-state index in [9.17, 15) is 40.3 Å². The molecule has 232 valence electrons. The first-order valence-electron chi connectivity index (χ1n) is 12.6. The standard InChI is InChI=1S/C29H19Cl2F8N3O2/c1-14-9-16(12-40)7-8-18(14)26(44)42(13-15-5-6-15)22-4-2-3-19(23(22)32)25(43)41-24-20(30)10-17(11-21(24)31)27(33,28(34,35)36)29(37,38)39/h2-4,7-11,15H,5-6,13H2,1H3,(H,41,43). The van der Waals surface area contributed by atoms with Crippen LogP contribution >= 0.6 is 23.2 Å².